The molecule has 7 N–H and O–H groups in total. The second-order valence-electron chi connectivity index (χ2n) is 13.2. The first-order chi connectivity index (χ1) is 26.1. The summed E-state index contributed by atoms with van der Waals surface area (Å²) in [4.78, 5) is 85.8. The summed E-state index contributed by atoms with van der Waals surface area (Å²) in [5.41, 5.74) is 4.49. The number of aromatic nitrogens is 2. The number of aryl methyl sites for hydroxylation is 1. The van der Waals surface area contributed by atoms with Crippen LogP contribution >= 0.6 is 23.1 Å². The number of carboxylic acids is 3. The van der Waals surface area contributed by atoms with Crippen molar-refractivity contribution in [2.24, 2.45) is 5.16 Å². The second kappa shape index (κ2) is 15.2. The molecule has 5 heterocycles. The van der Waals surface area contributed by atoms with Crippen LogP contribution in [0.25, 0.3) is 10.9 Å². The summed E-state index contributed by atoms with van der Waals surface area (Å²) in [5, 5.41) is 57.1. The summed E-state index contributed by atoms with van der Waals surface area (Å²) in [6, 6.07) is -0.169. The maximum Gasteiger partial charge on any atom is 0.348 e. The number of quaternary nitrogens is 1. The molecule has 3 aliphatic rings. The van der Waals surface area contributed by atoms with E-state index in [0.717, 1.165) is 46.9 Å². The number of aliphatic carboxylic acids is 3. The van der Waals surface area contributed by atoms with Gasteiger partial charge in [-0.3, -0.25) is 24.1 Å². The number of nitrogen functional groups attached to an aromatic ring is 1. The number of anilines is 1. The molecule has 0 unspecified atom stereocenters. The molecule has 2 aromatic heterocycles. The minimum Gasteiger partial charge on any atom is -0.543 e. The number of carbonyl (C=O) groups excluding carboxylic acids is 3. The van der Waals surface area contributed by atoms with Crippen molar-refractivity contribution in [3.8, 4) is 11.5 Å². The number of oxime groups is 1. The zero-order valence-electron chi connectivity index (χ0n) is 28.9. The van der Waals surface area contributed by atoms with Gasteiger partial charge in [-0.2, -0.15) is 0 Å². The fourth-order valence-electron chi connectivity index (χ4n) is 7.10. The van der Waals surface area contributed by atoms with Gasteiger partial charge in [-0.15, -0.1) is 23.1 Å². The standard InChI is InChI=1S/C33H34FN7O12S2/c1-2-39-9-14(26(45)21-17(39)7-18(42)27(46)22(21)34)10-41(5-3-4-6-41)11-15-12-54-30-24(29(48)40(30)25(15)32(51)52)37-28(47)23(16-13-55-33(35)36-16)38-53-19(31(49)50)8-20(43)44/h7,9,13,19,24,30H,2-6,8,10-12H2,1H3,(H7-,35,36,37,38,42,43,44,45,46,47,49,50,51,52)/t19-,24+,30+/m0/s1. The van der Waals surface area contributed by atoms with Crippen molar-refractivity contribution < 1.29 is 63.2 Å². The SMILES string of the molecule is CCn1cc(C[N+]2(CC3=C(C(=O)[O-])N4C(=O)[C@@H](NC(=O)/C(=N\O[C@@H](CC(=O)O)C(=O)O)c5csc(N)n5)[C@H]4SC3)CCCC2)c(=O)c2c(F)c(O)c(O)cc21. The van der Waals surface area contributed by atoms with Gasteiger partial charge in [0.2, 0.25) is 11.5 Å². The Labute approximate surface area is 317 Å². The third-order valence-electron chi connectivity index (χ3n) is 9.64. The number of carbonyl (C=O) groups is 5. The van der Waals surface area contributed by atoms with Crippen LogP contribution in [0.15, 0.2) is 38.9 Å². The number of phenolic OH excluding ortho intramolecular Hbond substituents is 2. The Balaban J connectivity index is 1.26. The van der Waals surface area contributed by atoms with Gasteiger partial charge in [0.15, 0.2) is 28.2 Å². The first-order valence-corrected chi connectivity index (χ1v) is 18.7. The highest BCUT2D eigenvalue weighted by Gasteiger charge is 2.54. The molecule has 0 radical (unpaired) electrons. The molecular formula is C33H34FN7O12S2. The number of carboxylic acid groups (broad SMARTS) is 3. The Bertz CT molecular complexity index is 2250. The molecule has 2 fully saturated rings. The number of pyridine rings is 1. The monoisotopic (exact) mass is 803 g/mol. The Kier molecular flexibility index (Phi) is 10.8. The zero-order chi connectivity index (χ0) is 39.9. The summed E-state index contributed by atoms with van der Waals surface area (Å²) < 4.78 is 17.0. The molecule has 2 saturated heterocycles. The van der Waals surface area contributed by atoms with Crippen molar-refractivity contribution in [3.63, 3.8) is 0 Å². The van der Waals surface area contributed by atoms with E-state index in [0.29, 0.717) is 25.2 Å². The highest BCUT2D eigenvalue weighted by atomic mass is 32.2. The van der Waals surface area contributed by atoms with Crippen LogP contribution in [0, 0.1) is 5.82 Å². The van der Waals surface area contributed by atoms with E-state index in [4.69, 9.17) is 15.7 Å². The lowest BCUT2D eigenvalue weighted by molar-refractivity contribution is -0.925. The highest BCUT2D eigenvalue weighted by Crippen LogP contribution is 2.42. The number of hydrogen-bond donors (Lipinski definition) is 6. The predicted molar refractivity (Wildman–Crippen MR) is 190 cm³/mol. The molecule has 19 nitrogen and oxygen atoms in total. The molecule has 2 amide bonds. The fourth-order valence-corrected chi connectivity index (χ4v) is 8.98. The van der Waals surface area contributed by atoms with E-state index in [1.807, 2.05) is 0 Å². The Morgan fingerprint density at radius 1 is 1.20 bits per heavy atom. The third-order valence-corrected chi connectivity index (χ3v) is 11.7. The predicted octanol–water partition coefficient (Wildman–Crippen LogP) is -0.526. The molecule has 0 saturated carbocycles. The van der Waals surface area contributed by atoms with Crippen molar-refractivity contribution in [2.45, 2.75) is 56.8 Å². The van der Waals surface area contributed by atoms with E-state index in [9.17, 15) is 49.2 Å². The van der Waals surface area contributed by atoms with Crippen molar-refractivity contribution in [2.75, 3.05) is 31.1 Å². The quantitative estimate of drug-likeness (QED) is 0.0393. The van der Waals surface area contributed by atoms with Crippen LogP contribution in [-0.2, 0) is 41.9 Å². The number of aromatic hydroxyl groups is 2. The molecule has 3 aromatic rings. The van der Waals surface area contributed by atoms with Crippen molar-refractivity contribution in [1.29, 1.82) is 0 Å². The molecule has 3 aliphatic heterocycles. The molecule has 292 valence electrons. The van der Waals surface area contributed by atoms with Crippen molar-refractivity contribution in [3.05, 3.63) is 56.2 Å². The van der Waals surface area contributed by atoms with Gasteiger partial charge in [0.1, 0.15) is 30.2 Å². The number of β-lactam (4-membered cyclic amide) rings is 1. The maximum absolute atomic E-state index is 15.2. The molecular weight excluding hydrogens is 770 g/mol. The van der Waals surface area contributed by atoms with E-state index in [2.05, 4.69) is 15.5 Å². The summed E-state index contributed by atoms with van der Waals surface area (Å²) in [7, 11) is 0. The van der Waals surface area contributed by atoms with Crippen molar-refractivity contribution in [1.82, 2.24) is 19.8 Å². The normalized spacial score (nSPS) is 19.9. The van der Waals surface area contributed by atoms with Crippen LogP contribution in [0.2, 0.25) is 0 Å². The largest absolute Gasteiger partial charge is 0.543 e. The number of benzene rings is 1. The van der Waals surface area contributed by atoms with E-state index < -0.39 is 87.5 Å². The van der Waals surface area contributed by atoms with Crippen LogP contribution in [0.5, 0.6) is 11.5 Å². The van der Waals surface area contributed by atoms with Crippen LogP contribution < -0.4 is 21.6 Å². The number of hydrogen-bond acceptors (Lipinski definition) is 15. The first kappa shape index (κ1) is 39.0. The van der Waals surface area contributed by atoms with Gasteiger partial charge in [-0.1, -0.05) is 5.16 Å². The molecule has 3 atom stereocenters. The number of halogens is 1. The molecule has 0 bridgehead atoms. The Morgan fingerprint density at radius 3 is 2.51 bits per heavy atom. The summed E-state index contributed by atoms with van der Waals surface area (Å²) in [6.45, 7) is 3.27. The van der Waals surface area contributed by atoms with E-state index in [-0.39, 0.29) is 50.9 Å². The number of nitrogens with two attached hydrogens (primary N) is 1. The Hall–Kier alpha value is -5.74. The highest BCUT2D eigenvalue weighted by molar-refractivity contribution is 8.00. The average molecular weight is 804 g/mol. The van der Waals surface area contributed by atoms with Gasteiger partial charge >= 0.3 is 11.9 Å². The van der Waals surface area contributed by atoms with Crippen LogP contribution in [0.1, 0.15) is 37.4 Å². The minimum absolute atomic E-state index is 0.00246. The van der Waals surface area contributed by atoms with Crippen LogP contribution in [-0.4, -0.2) is 118 Å². The van der Waals surface area contributed by atoms with Crippen molar-refractivity contribution >= 4 is 74.6 Å². The van der Waals surface area contributed by atoms with Gasteiger partial charge < -0.3 is 55.3 Å². The number of likely N-dealkylation sites (tertiary alicyclic amines) is 1. The molecule has 6 rings (SSSR count). The molecule has 55 heavy (non-hydrogen) atoms. The van der Waals surface area contributed by atoms with Gasteiger partial charge in [0, 0.05) is 48.4 Å². The van der Waals surface area contributed by atoms with Gasteiger partial charge in [0.05, 0.1) is 47.6 Å². The van der Waals surface area contributed by atoms with Gasteiger partial charge in [-0.05, 0) is 6.92 Å². The average Bonchev–Trinajstić information content (AvgIpc) is 3.78. The fraction of sp³-hybridized carbons (Fsp3) is 0.394. The molecule has 1 aromatic carbocycles. The smallest absolute Gasteiger partial charge is 0.348 e. The van der Waals surface area contributed by atoms with E-state index >= 15 is 4.39 Å². The number of rotatable bonds is 14. The third kappa shape index (κ3) is 7.38. The summed E-state index contributed by atoms with van der Waals surface area (Å²) in [5.74, 6) is -9.62. The Morgan fingerprint density at radius 2 is 1.91 bits per heavy atom. The topological polar surface area (TPSA) is 287 Å². The zero-order valence-corrected chi connectivity index (χ0v) is 30.5. The van der Waals surface area contributed by atoms with E-state index in [1.165, 1.54) is 5.38 Å². The summed E-state index contributed by atoms with van der Waals surface area (Å²) >= 11 is 2.06. The number of phenols is 2. The van der Waals surface area contributed by atoms with Crippen LogP contribution in [0.3, 0.4) is 0 Å². The van der Waals surface area contributed by atoms with E-state index in [1.54, 1.807) is 17.7 Å². The number of amides is 2. The van der Waals surface area contributed by atoms with Gasteiger partial charge in [0.25, 0.3) is 11.8 Å². The molecule has 0 aliphatic carbocycles. The summed E-state index contributed by atoms with van der Waals surface area (Å²) in [6.07, 6.45) is 0.0681. The lowest BCUT2D eigenvalue weighted by atomic mass is 10.0. The number of thiazole rings is 1. The lowest BCUT2D eigenvalue weighted by Crippen LogP contribution is -2.71. The maximum atomic E-state index is 15.2. The first-order valence-electron chi connectivity index (χ1n) is 16.8. The lowest BCUT2D eigenvalue weighted by Gasteiger charge is -2.51. The van der Waals surface area contributed by atoms with Crippen LogP contribution in [0.4, 0.5) is 9.52 Å². The second-order valence-corrected chi connectivity index (χ2v) is 15.2. The number of thioether (sulfide) groups is 1. The molecule has 0 spiro atoms. The number of fused-ring (bicyclic) bond motifs is 2. The minimum atomic E-state index is -1.97. The number of nitrogens with zero attached hydrogens (tertiary/aromatic N) is 5. The number of nitrogens with one attached hydrogen (secondary N) is 1. The van der Waals surface area contributed by atoms with Gasteiger partial charge in [-0.25, -0.2) is 14.2 Å². The molecule has 22 heteroatoms.